The number of methoxy groups -OCH3 is 1. The quantitative estimate of drug-likeness (QED) is 0.625. The third-order valence-electron chi connectivity index (χ3n) is 2.86. The summed E-state index contributed by atoms with van der Waals surface area (Å²) in [5.74, 6) is -1.52. The van der Waals surface area contributed by atoms with E-state index in [0.717, 1.165) is 5.56 Å². The molecule has 0 spiro atoms. The molecule has 116 valence electrons. The van der Waals surface area contributed by atoms with Crippen molar-refractivity contribution in [3.8, 4) is 0 Å². The first-order valence-corrected chi connectivity index (χ1v) is 6.76. The van der Waals surface area contributed by atoms with Gasteiger partial charge in [0.2, 0.25) is 5.91 Å². The second kappa shape index (κ2) is 9.90. The molecule has 6 heteroatoms. The zero-order valence-electron chi connectivity index (χ0n) is 12.1. The van der Waals surface area contributed by atoms with Crippen molar-refractivity contribution in [1.82, 2.24) is 5.32 Å². The zero-order valence-corrected chi connectivity index (χ0v) is 12.1. The van der Waals surface area contributed by atoms with Gasteiger partial charge in [0.15, 0.2) is 0 Å². The highest BCUT2D eigenvalue weighted by atomic mass is 16.5. The molecular weight excluding hydrogens is 274 g/mol. The van der Waals surface area contributed by atoms with Crippen LogP contribution in [0, 0.1) is 0 Å². The lowest BCUT2D eigenvalue weighted by Gasteiger charge is -2.14. The minimum absolute atomic E-state index is 0.149. The SMILES string of the molecule is COCCC(NC(=O)COCCc1ccccc1)C(=O)O. The van der Waals surface area contributed by atoms with Gasteiger partial charge in [-0.15, -0.1) is 0 Å². The van der Waals surface area contributed by atoms with Gasteiger partial charge < -0.3 is 19.9 Å². The number of carbonyl (C=O) groups excluding carboxylic acids is 1. The van der Waals surface area contributed by atoms with Crippen molar-refractivity contribution in [3.05, 3.63) is 35.9 Å². The summed E-state index contributed by atoms with van der Waals surface area (Å²) in [5, 5.41) is 11.4. The van der Waals surface area contributed by atoms with E-state index in [0.29, 0.717) is 13.0 Å². The number of carbonyl (C=O) groups is 2. The van der Waals surface area contributed by atoms with Crippen LogP contribution in [0.3, 0.4) is 0 Å². The van der Waals surface area contributed by atoms with Crippen LogP contribution >= 0.6 is 0 Å². The van der Waals surface area contributed by atoms with E-state index in [2.05, 4.69) is 5.32 Å². The third-order valence-corrected chi connectivity index (χ3v) is 2.86. The topological polar surface area (TPSA) is 84.9 Å². The molecule has 6 nitrogen and oxygen atoms in total. The van der Waals surface area contributed by atoms with Crippen molar-refractivity contribution in [3.63, 3.8) is 0 Å². The Bertz CT molecular complexity index is 435. The molecule has 21 heavy (non-hydrogen) atoms. The summed E-state index contributed by atoms with van der Waals surface area (Å²) in [6.45, 7) is 0.531. The number of nitrogens with one attached hydrogen (secondary N) is 1. The summed E-state index contributed by atoms with van der Waals surface area (Å²) < 4.78 is 10.1. The molecule has 1 rings (SSSR count). The molecule has 0 aliphatic carbocycles. The summed E-state index contributed by atoms with van der Waals surface area (Å²) >= 11 is 0. The van der Waals surface area contributed by atoms with Crippen molar-refractivity contribution in [2.24, 2.45) is 0 Å². The first-order chi connectivity index (χ1) is 10.1. The van der Waals surface area contributed by atoms with E-state index < -0.39 is 17.9 Å². The Hall–Kier alpha value is -1.92. The second-order valence-electron chi connectivity index (χ2n) is 4.53. The fraction of sp³-hybridized carbons (Fsp3) is 0.467. The molecule has 0 saturated carbocycles. The van der Waals surface area contributed by atoms with Crippen LogP contribution < -0.4 is 5.32 Å². The largest absolute Gasteiger partial charge is 0.480 e. The second-order valence-corrected chi connectivity index (χ2v) is 4.53. The van der Waals surface area contributed by atoms with E-state index in [1.807, 2.05) is 30.3 Å². The van der Waals surface area contributed by atoms with E-state index in [9.17, 15) is 9.59 Å². The lowest BCUT2D eigenvalue weighted by atomic mass is 10.2. The monoisotopic (exact) mass is 295 g/mol. The van der Waals surface area contributed by atoms with E-state index in [4.69, 9.17) is 14.6 Å². The molecule has 0 aromatic heterocycles. The van der Waals surface area contributed by atoms with Crippen molar-refractivity contribution >= 4 is 11.9 Å². The van der Waals surface area contributed by atoms with Crippen molar-refractivity contribution < 1.29 is 24.2 Å². The normalized spacial score (nSPS) is 11.9. The van der Waals surface area contributed by atoms with Crippen molar-refractivity contribution in [1.29, 1.82) is 0 Å². The number of amides is 1. The summed E-state index contributed by atoms with van der Waals surface area (Å²) in [6.07, 6.45) is 0.932. The Morgan fingerprint density at radius 3 is 2.57 bits per heavy atom. The number of ether oxygens (including phenoxy) is 2. The fourth-order valence-electron chi connectivity index (χ4n) is 1.73. The first kappa shape index (κ1) is 17.1. The van der Waals surface area contributed by atoms with Crippen molar-refractivity contribution in [2.45, 2.75) is 18.9 Å². The maximum Gasteiger partial charge on any atom is 0.326 e. The maximum absolute atomic E-state index is 11.6. The summed E-state index contributed by atoms with van der Waals surface area (Å²) in [5.41, 5.74) is 1.13. The summed E-state index contributed by atoms with van der Waals surface area (Å²) in [4.78, 5) is 22.5. The third kappa shape index (κ3) is 7.43. The molecular formula is C15H21NO5. The number of carboxylic acid groups (broad SMARTS) is 1. The Balaban J connectivity index is 2.21. The van der Waals surface area contributed by atoms with E-state index in [-0.39, 0.29) is 19.6 Å². The molecule has 1 unspecified atom stereocenters. The molecule has 0 fully saturated rings. The summed E-state index contributed by atoms with van der Waals surface area (Å²) in [7, 11) is 1.48. The average molecular weight is 295 g/mol. The molecule has 0 saturated heterocycles. The average Bonchev–Trinajstić information content (AvgIpc) is 2.48. The van der Waals surface area contributed by atoms with Gasteiger partial charge in [-0.2, -0.15) is 0 Å². The Morgan fingerprint density at radius 1 is 1.24 bits per heavy atom. The smallest absolute Gasteiger partial charge is 0.326 e. The van der Waals surface area contributed by atoms with E-state index in [1.165, 1.54) is 7.11 Å². The van der Waals surface area contributed by atoms with Gasteiger partial charge in [0.1, 0.15) is 12.6 Å². The standard InChI is InChI=1S/C15H21NO5/c1-20-9-8-13(15(18)19)16-14(17)11-21-10-7-12-5-3-2-4-6-12/h2-6,13H,7-11H2,1H3,(H,16,17)(H,18,19). The molecule has 2 N–H and O–H groups in total. The van der Waals surface area contributed by atoms with Crippen LogP contribution in [-0.2, 0) is 25.5 Å². The van der Waals surface area contributed by atoms with E-state index >= 15 is 0 Å². The van der Waals surface area contributed by atoms with Crippen molar-refractivity contribution in [2.75, 3.05) is 26.9 Å². The van der Waals surface area contributed by atoms with E-state index in [1.54, 1.807) is 0 Å². The van der Waals surface area contributed by atoms with Crippen LogP contribution in [0.15, 0.2) is 30.3 Å². The molecule has 1 aromatic rings. The minimum Gasteiger partial charge on any atom is -0.480 e. The lowest BCUT2D eigenvalue weighted by molar-refractivity contribution is -0.143. The number of benzene rings is 1. The fourth-order valence-corrected chi connectivity index (χ4v) is 1.73. The van der Waals surface area contributed by atoms with Crippen LogP contribution in [0.25, 0.3) is 0 Å². The van der Waals surface area contributed by atoms with Gasteiger partial charge in [-0.1, -0.05) is 30.3 Å². The number of carboxylic acids is 1. The molecule has 0 radical (unpaired) electrons. The van der Waals surface area contributed by atoms with Gasteiger partial charge in [0, 0.05) is 20.1 Å². The van der Waals surface area contributed by atoms with Gasteiger partial charge in [-0.05, 0) is 12.0 Å². The Labute approximate surface area is 124 Å². The van der Waals surface area contributed by atoms with Gasteiger partial charge in [-0.3, -0.25) is 4.79 Å². The maximum atomic E-state index is 11.6. The Kier molecular flexibility index (Phi) is 8.08. The molecule has 1 aromatic carbocycles. The van der Waals surface area contributed by atoms with Crippen LogP contribution in [-0.4, -0.2) is 50.0 Å². The first-order valence-electron chi connectivity index (χ1n) is 6.76. The molecule has 0 aliphatic heterocycles. The number of hydrogen-bond donors (Lipinski definition) is 2. The lowest BCUT2D eigenvalue weighted by Crippen LogP contribution is -2.43. The molecule has 0 heterocycles. The zero-order chi connectivity index (χ0) is 15.5. The molecule has 1 amide bonds. The molecule has 0 bridgehead atoms. The highest BCUT2D eigenvalue weighted by molar-refractivity contribution is 5.84. The van der Waals surface area contributed by atoms with Crippen LogP contribution in [0.1, 0.15) is 12.0 Å². The molecule has 1 atom stereocenters. The number of rotatable bonds is 10. The van der Waals surface area contributed by atoms with Gasteiger partial charge in [-0.25, -0.2) is 4.79 Å². The highest BCUT2D eigenvalue weighted by Gasteiger charge is 2.19. The van der Waals surface area contributed by atoms with Crippen LogP contribution in [0.2, 0.25) is 0 Å². The molecule has 0 aliphatic rings. The predicted molar refractivity (Wildman–Crippen MR) is 77.0 cm³/mol. The van der Waals surface area contributed by atoms with Gasteiger partial charge in [0.25, 0.3) is 0 Å². The van der Waals surface area contributed by atoms with Gasteiger partial charge in [0.05, 0.1) is 6.61 Å². The van der Waals surface area contributed by atoms with Gasteiger partial charge >= 0.3 is 5.97 Å². The van der Waals surface area contributed by atoms with Crippen LogP contribution in [0.4, 0.5) is 0 Å². The highest BCUT2D eigenvalue weighted by Crippen LogP contribution is 1.99. The Morgan fingerprint density at radius 2 is 1.95 bits per heavy atom. The number of aliphatic carboxylic acids is 1. The summed E-state index contributed by atoms with van der Waals surface area (Å²) in [6, 6.07) is 8.83. The minimum atomic E-state index is -1.08. The number of hydrogen-bond acceptors (Lipinski definition) is 4. The van der Waals surface area contributed by atoms with Crippen LogP contribution in [0.5, 0.6) is 0 Å². The predicted octanol–water partition coefficient (Wildman–Crippen LogP) is 0.852.